The predicted molar refractivity (Wildman–Crippen MR) is 165 cm³/mol. The molecule has 46 heavy (non-hydrogen) atoms. The third-order valence-electron chi connectivity index (χ3n) is 8.11. The van der Waals surface area contributed by atoms with E-state index in [4.69, 9.17) is 15.9 Å². The minimum Gasteiger partial charge on any atom is -0.480 e. The van der Waals surface area contributed by atoms with Crippen molar-refractivity contribution in [2.75, 3.05) is 17.7 Å². The molecule has 0 bridgehead atoms. The van der Waals surface area contributed by atoms with E-state index in [9.17, 15) is 18.8 Å². The van der Waals surface area contributed by atoms with Crippen molar-refractivity contribution in [2.45, 2.75) is 37.8 Å². The highest BCUT2D eigenvalue weighted by atomic mass is 19.1. The SMILES string of the molecule is CC1(c2ccc(CCC(=O)N[C@@H](CO)C(=O)O)cc2)C(=O)Nc2nc(-c3nn(Cc4ccccc4F)c4ncccc34)nc(N)c21. The molecule has 14 heteroatoms. The van der Waals surface area contributed by atoms with Gasteiger partial charge in [-0.3, -0.25) is 9.59 Å². The van der Waals surface area contributed by atoms with Crippen molar-refractivity contribution in [1.29, 1.82) is 0 Å². The van der Waals surface area contributed by atoms with Crippen molar-refractivity contribution in [1.82, 2.24) is 30.0 Å². The summed E-state index contributed by atoms with van der Waals surface area (Å²) in [5.41, 5.74) is 8.41. The number of nitrogens with two attached hydrogens (primary N) is 1. The number of rotatable bonds is 10. The van der Waals surface area contributed by atoms with Gasteiger partial charge in [-0.05, 0) is 42.7 Å². The fourth-order valence-electron chi connectivity index (χ4n) is 5.58. The number of benzene rings is 2. The van der Waals surface area contributed by atoms with Gasteiger partial charge in [0.05, 0.1) is 24.1 Å². The fourth-order valence-corrected chi connectivity index (χ4v) is 5.58. The number of aliphatic hydroxyl groups excluding tert-OH is 1. The zero-order valence-corrected chi connectivity index (χ0v) is 24.6. The predicted octanol–water partition coefficient (Wildman–Crippen LogP) is 2.41. The Morgan fingerprint density at radius 2 is 1.87 bits per heavy atom. The Hall–Kier alpha value is -5.76. The molecular formula is C32H29FN8O5. The van der Waals surface area contributed by atoms with Gasteiger partial charge in [-0.2, -0.15) is 5.10 Å². The number of aromatic nitrogens is 5. The topological polar surface area (TPSA) is 198 Å². The van der Waals surface area contributed by atoms with Crippen molar-refractivity contribution in [3.8, 4) is 11.5 Å². The molecule has 3 aromatic heterocycles. The second kappa shape index (κ2) is 12.0. The van der Waals surface area contributed by atoms with E-state index in [1.807, 2.05) is 0 Å². The molecule has 0 spiro atoms. The molecule has 2 amide bonds. The van der Waals surface area contributed by atoms with Crippen LogP contribution >= 0.6 is 0 Å². The smallest absolute Gasteiger partial charge is 0.328 e. The summed E-state index contributed by atoms with van der Waals surface area (Å²) in [5, 5.41) is 28.5. The Morgan fingerprint density at radius 1 is 1.11 bits per heavy atom. The van der Waals surface area contributed by atoms with E-state index in [1.54, 1.807) is 72.4 Å². The minimum absolute atomic E-state index is 0.00747. The number of aryl methyl sites for hydroxylation is 1. The Morgan fingerprint density at radius 3 is 2.59 bits per heavy atom. The molecule has 6 rings (SSSR count). The van der Waals surface area contributed by atoms with Crippen LogP contribution in [-0.4, -0.2) is 65.4 Å². The van der Waals surface area contributed by atoms with Crippen LogP contribution in [-0.2, 0) is 32.8 Å². The molecule has 4 heterocycles. The number of carboxylic acid groups (broad SMARTS) is 1. The summed E-state index contributed by atoms with van der Waals surface area (Å²) < 4.78 is 16.0. The van der Waals surface area contributed by atoms with Crippen molar-refractivity contribution in [2.24, 2.45) is 0 Å². The summed E-state index contributed by atoms with van der Waals surface area (Å²) in [6.45, 7) is 1.14. The highest BCUT2D eigenvalue weighted by Crippen LogP contribution is 2.45. The first-order valence-electron chi connectivity index (χ1n) is 14.4. The van der Waals surface area contributed by atoms with E-state index >= 15 is 0 Å². The molecule has 1 unspecified atom stereocenters. The molecule has 0 saturated carbocycles. The second-order valence-corrected chi connectivity index (χ2v) is 11.0. The molecule has 0 aliphatic carbocycles. The number of anilines is 2. The van der Waals surface area contributed by atoms with Crippen LogP contribution in [0.15, 0.2) is 66.9 Å². The maximum absolute atomic E-state index is 14.4. The number of carbonyl (C=O) groups is 3. The number of aliphatic hydroxyl groups is 1. The molecule has 2 aromatic carbocycles. The van der Waals surface area contributed by atoms with Gasteiger partial charge >= 0.3 is 5.97 Å². The lowest BCUT2D eigenvalue weighted by molar-refractivity contribution is -0.142. The molecule has 5 aromatic rings. The zero-order valence-electron chi connectivity index (χ0n) is 24.6. The van der Waals surface area contributed by atoms with Gasteiger partial charge in [0.2, 0.25) is 11.8 Å². The van der Waals surface area contributed by atoms with E-state index < -0.39 is 29.9 Å². The van der Waals surface area contributed by atoms with Crippen LogP contribution < -0.4 is 16.4 Å². The summed E-state index contributed by atoms with van der Waals surface area (Å²) in [4.78, 5) is 50.3. The number of hydrogen-bond donors (Lipinski definition) is 5. The first-order valence-corrected chi connectivity index (χ1v) is 14.4. The fraction of sp³-hybridized carbons (Fsp3) is 0.219. The van der Waals surface area contributed by atoms with Crippen molar-refractivity contribution >= 4 is 40.5 Å². The lowest BCUT2D eigenvalue weighted by Gasteiger charge is -2.23. The average molecular weight is 625 g/mol. The molecule has 234 valence electrons. The maximum atomic E-state index is 14.4. The molecule has 6 N–H and O–H groups in total. The third kappa shape index (κ3) is 5.38. The van der Waals surface area contributed by atoms with Crippen molar-refractivity contribution < 1.29 is 29.0 Å². The number of amides is 2. The van der Waals surface area contributed by atoms with Crippen LogP contribution in [0.2, 0.25) is 0 Å². The van der Waals surface area contributed by atoms with E-state index in [-0.39, 0.29) is 42.2 Å². The summed E-state index contributed by atoms with van der Waals surface area (Å²) in [5.74, 6) is -2.05. The number of carbonyl (C=O) groups excluding carboxylic acids is 2. The zero-order chi connectivity index (χ0) is 32.6. The monoisotopic (exact) mass is 624 g/mol. The van der Waals surface area contributed by atoms with Crippen LogP contribution in [0.1, 0.15) is 35.6 Å². The number of pyridine rings is 1. The van der Waals surface area contributed by atoms with Gasteiger partial charge < -0.3 is 26.6 Å². The van der Waals surface area contributed by atoms with Gasteiger partial charge in [0.1, 0.15) is 34.6 Å². The lowest BCUT2D eigenvalue weighted by Crippen LogP contribution is -2.43. The minimum atomic E-state index is -1.37. The van der Waals surface area contributed by atoms with Gasteiger partial charge in [0.25, 0.3) is 0 Å². The largest absolute Gasteiger partial charge is 0.480 e. The molecule has 13 nitrogen and oxygen atoms in total. The molecule has 2 atom stereocenters. The summed E-state index contributed by atoms with van der Waals surface area (Å²) >= 11 is 0. The Labute approximate surface area is 261 Å². The van der Waals surface area contributed by atoms with E-state index in [0.717, 1.165) is 5.56 Å². The van der Waals surface area contributed by atoms with Crippen LogP contribution in [0.5, 0.6) is 0 Å². The van der Waals surface area contributed by atoms with Gasteiger partial charge in [-0.25, -0.2) is 28.8 Å². The molecule has 1 aliphatic heterocycles. The van der Waals surface area contributed by atoms with Gasteiger partial charge in [0.15, 0.2) is 11.5 Å². The number of fused-ring (bicyclic) bond motifs is 2. The number of carboxylic acids is 1. The first kappa shape index (κ1) is 30.3. The Bertz CT molecular complexity index is 2000. The number of hydrogen-bond acceptors (Lipinski definition) is 9. The molecule has 0 saturated heterocycles. The lowest BCUT2D eigenvalue weighted by atomic mass is 9.77. The van der Waals surface area contributed by atoms with E-state index in [0.29, 0.717) is 39.8 Å². The third-order valence-corrected chi connectivity index (χ3v) is 8.11. The molecule has 0 radical (unpaired) electrons. The average Bonchev–Trinajstić information content (AvgIpc) is 3.54. The number of nitrogens with one attached hydrogen (secondary N) is 2. The summed E-state index contributed by atoms with van der Waals surface area (Å²) in [7, 11) is 0. The highest BCUT2D eigenvalue weighted by Gasteiger charge is 2.47. The van der Waals surface area contributed by atoms with Crippen LogP contribution in [0.3, 0.4) is 0 Å². The molecular weight excluding hydrogens is 595 g/mol. The Kier molecular flexibility index (Phi) is 7.88. The number of nitrogen functional groups attached to an aromatic ring is 1. The Balaban J connectivity index is 1.28. The summed E-state index contributed by atoms with van der Waals surface area (Å²) in [6.07, 6.45) is 1.93. The van der Waals surface area contributed by atoms with Gasteiger partial charge in [-0.1, -0.05) is 42.5 Å². The molecule has 1 aliphatic rings. The number of aliphatic carboxylic acids is 1. The first-order chi connectivity index (χ1) is 22.1. The van der Waals surface area contributed by atoms with Crippen molar-refractivity contribution in [3.05, 3.63) is 94.9 Å². The van der Waals surface area contributed by atoms with E-state index in [1.165, 1.54) is 6.07 Å². The van der Waals surface area contributed by atoms with Gasteiger partial charge in [0, 0.05) is 18.2 Å². The highest BCUT2D eigenvalue weighted by molar-refractivity contribution is 6.09. The normalized spacial score (nSPS) is 16.2. The quantitative estimate of drug-likeness (QED) is 0.154. The second-order valence-electron chi connectivity index (χ2n) is 11.0. The maximum Gasteiger partial charge on any atom is 0.328 e. The standard InChI is InChI=1S/C32H29FN8O5/c1-32(19-11-8-17(9-12-19)10-13-23(43)36-22(16-42)30(44)45)24-26(34)37-28(38-27(24)39-31(32)46)25-20-6-4-14-35-29(20)41(40-25)15-18-5-2-3-7-21(18)33/h2-9,11-12,14,22,42H,10,13,15-16H2,1H3,(H,36,43)(H,44,45)(H3,34,37,38,39,46)/t22-,32?/m0/s1. The van der Waals surface area contributed by atoms with Crippen LogP contribution in [0, 0.1) is 5.82 Å². The number of halogens is 1. The van der Waals surface area contributed by atoms with Gasteiger partial charge in [-0.15, -0.1) is 0 Å². The van der Waals surface area contributed by atoms with Crippen molar-refractivity contribution in [3.63, 3.8) is 0 Å². The summed E-state index contributed by atoms with van der Waals surface area (Å²) in [6, 6.07) is 15.6. The molecule has 0 fully saturated rings. The van der Waals surface area contributed by atoms with Crippen LogP contribution in [0.25, 0.3) is 22.6 Å². The number of nitrogens with zero attached hydrogens (tertiary/aromatic N) is 5. The van der Waals surface area contributed by atoms with Crippen LogP contribution in [0.4, 0.5) is 16.0 Å². The van der Waals surface area contributed by atoms with E-state index in [2.05, 4.69) is 30.7 Å².